The molecule has 3 heterocycles. The first kappa shape index (κ1) is 21.7. The van der Waals surface area contributed by atoms with Gasteiger partial charge in [0.15, 0.2) is 5.82 Å². The highest BCUT2D eigenvalue weighted by molar-refractivity contribution is 7.99. The normalized spacial score (nSPS) is 15.2. The summed E-state index contributed by atoms with van der Waals surface area (Å²) >= 11 is 1.73. The lowest BCUT2D eigenvalue weighted by atomic mass is 10.3. The predicted octanol–water partition coefficient (Wildman–Crippen LogP) is 4.06. The van der Waals surface area contributed by atoms with E-state index in [1.807, 2.05) is 19.1 Å². The number of rotatable bonds is 9. The quantitative estimate of drug-likeness (QED) is 0.436. The van der Waals surface area contributed by atoms with Crippen LogP contribution in [0.1, 0.15) is 12.1 Å². The van der Waals surface area contributed by atoms with Gasteiger partial charge in [-0.15, -0.1) is 0 Å². The maximum atomic E-state index is 4.76. The van der Waals surface area contributed by atoms with Gasteiger partial charge >= 0.3 is 0 Å². The number of pyridine rings is 1. The van der Waals surface area contributed by atoms with Crippen molar-refractivity contribution in [3.8, 4) is 0 Å². The highest BCUT2D eigenvalue weighted by atomic mass is 32.2. The monoisotopic (exact) mass is 437 g/mol. The van der Waals surface area contributed by atoms with E-state index in [-0.39, 0.29) is 0 Å². The van der Waals surface area contributed by atoms with Gasteiger partial charge in [0, 0.05) is 54.3 Å². The van der Waals surface area contributed by atoms with Crippen LogP contribution in [0.4, 0.5) is 17.5 Å². The third-order valence-electron chi connectivity index (χ3n) is 5.29. The molecule has 0 atom stereocenters. The van der Waals surface area contributed by atoms with E-state index in [0.29, 0.717) is 0 Å². The van der Waals surface area contributed by atoms with Crippen LogP contribution in [0.3, 0.4) is 0 Å². The number of aromatic amines is 1. The SMILES string of the molecule is Cc1cc(Nc2cc(Sc3ccccc3)cc(NCCCN3CCN(C)CC3)n2)n[nH]1. The van der Waals surface area contributed by atoms with Crippen molar-refractivity contribution in [3.05, 3.63) is 54.2 Å². The molecule has 31 heavy (non-hydrogen) atoms. The molecule has 164 valence electrons. The number of aryl methyl sites for hydroxylation is 1. The third kappa shape index (κ3) is 6.72. The Hall–Kier alpha value is -2.55. The van der Waals surface area contributed by atoms with E-state index in [2.05, 4.69) is 74.1 Å². The van der Waals surface area contributed by atoms with Gasteiger partial charge in [0.05, 0.1) is 0 Å². The average molecular weight is 438 g/mol. The van der Waals surface area contributed by atoms with Crippen LogP contribution in [0.2, 0.25) is 0 Å². The van der Waals surface area contributed by atoms with Gasteiger partial charge in [0.25, 0.3) is 0 Å². The van der Waals surface area contributed by atoms with E-state index < -0.39 is 0 Å². The molecule has 2 aromatic heterocycles. The molecule has 1 saturated heterocycles. The van der Waals surface area contributed by atoms with Crippen LogP contribution in [0.5, 0.6) is 0 Å². The summed E-state index contributed by atoms with van der Waals surface area (Å²) in [5, 5.41) is 14.1. The zero-order chi connectivity index (χ0) is 21.5. The fourth-order valence-electron chi connectivity index (χ4n) is 3.55. The molecule has 0 radical (unpaired) electrons. The minimum atomic E-state index is 0.771. The summed E-state index contributed by atoms with van der Waals surface area (Å²) < 4.78 is 0. The number of hydrogen-bond donors (Lipinski definition) is 3. The lowest BCUT2D eigenvalue weighted by molar-refractivity contribution is 0.154. The van der Waals surface area contributed by atoms with Gasteiger partial charge in [-0.1, -0.05) is 30.0 Å². The van der Waals surface area contributed by atoms with Gasteiger partial charge in [-0.25, -0.2) is 4.98 Å². The van der Waals surface area contributed by atoms with E-state index in [1.165, 1.54) is 4.90 Å². The standard InChI is InChI=1S/C23H31N7S/c1-18-15-23(28-27-18)26-22-17-20(31-19-7-4-3-5-8-19)16-21(25-22)24-9-6-10-30-13-11-29(2)12-14-30/h3-5,7-8,15-17H,6,9-14H2,1-2H3,(H3,24,25,26,27,28). The summed E-state index contributed by atoms with van der Waals surface area (Å²) in [4.78, 5) is 12.0. The van der Waals surface area contributed by atoms with Crippen LogP contribution in [0.25, 0.3) is 0 Å². The Balaban J connectivity index is 1.39. The van der Waals surface area contributed by atoms with Gasteiger partial charge in [0.2, 0.25) is 0 Å². The van der Waals surface area contributed by atoms with E-state index in [0.717, 1.165) is 73.7 Å². The van der Waals surface area contributed by atoms with Crippen LogP contribution in [0, 0.1) is 6.92 Å². The number of nitrogens with one attached hydrogen (secondary N) is 3. The number of piperazine rings is 1. The first-order valence-electron chi connectivity index (χ1n) is 10.8. The second-order valence-electron chi connectivity index (χ2n) is 7.97. The Labute approximate surface area is 188 Å². The maximum Gasteiger partial charge on any atom is 0.153 e. The Bertz CT molecular complexity index is 952. The third-order valence-corrected chi connectivity index (χ3v) is 6.27. The van der Waals surface area contributed by atoms with E-state index in [4.69, 9.17) is 4.98 Å². The molecule has 3 aromatic rings. The van der Waals surface area contributed by atoms with E-state index >= 15 is 0 Å². The fourth-order valence-corrected chi connectivity index (χ4v) is 4.45. The van der Waals surface area contributed by atoms with Crippen molar-refractivity contribution >= 4 is 29.2 Å². The van der Waals surface area contributed by atoms with E-state index in [1.54, 1.807) is 11.8 Å². The molecule has 0 bridgehead atoms. The fraction of sp³-hybridized carbons (Fsp3) is 0.391. The first-order valence-corrected chi connectivity index (χ1v) is 11.6. The van der Waals surface area contributed by atoms with Gasteiger partial charge in [-0.2, -0.15) is 5.10 Å². The van der Waals surface area contributed by atoms with Crippen molar-refractivity contribution in [2.24, 2.45) is 0 Å². The number of aromatic nitrogens is 3. The van der Waals surface area contributed by atoms with Gasteiger partial charge < -0.3 is 20.4 Å². The molecule has 8 heteroatoms. The second kappa shape index (κ2) is 10.7. The van der Waals surface area contributed by atoms with Crippen molar-refractivity contribution in [3.63, 3.8) is 0 Å². The molecule has 0 saturated carbocycles. The summed E-state index contributed by atoms with van der Waals surface area (Å²) in [5.74, 6) is 2.44. The van der Waals surface area contributed by atoms with Gasteiger partial charge in [0.1, 0.15) is 11.6 Å². The molecule has 0 unspecified atom stereocenters. The number of H-pyrrole nitrogens is 1. The maximum absolute atomic E-state index is 4.76. The number of anilines is 3. The Morgan fingerprint density at radius 3 is 2.48 bits per heavy atom. The number of nitrogens with zero attached hydrogens (tertiary/aromatic N) is 4. The van der Waals surface area contributed by atoms with Crippen LogP contribution in [-0.4, -0.2) is 71.3 Å². The van der Waals surface area contributed by atoms with Crippen LogP contribution < -0.4 is 10.6 Å². The molecular formula is C23H31N7S. The van der Waals surface area contributed by atoms with Crippen molar-refractivity contribution in [1.29, 1.82) is 0 Å². The number of hydrogen-bond acceptors (Lipinski definition) is 7. The highest BCUT2D eigenvalue weighted by Crippen LogP contribution is 2.31. The zero-order valence-electron chi connectivity index (χ0n) is 18.3. The van der Waals surface area contributed by atoms with Crippen molar-refractivity contribution in [2.75, 3.05) is 56.9 Å². The molecule has 0 amide bonds. The molecule has 4 rings (SSSR count). The summed E-state index contributed by atoms with van der Waals surface area (Å²) in [6, 6.07) is 16.6. The smallest absolute Gasteiger partial charge is 0.153 e. The number of likely N-dealkylation sites (N-methyl/N-ethyl adjacent to an activating group) is 1. The van der Waals surface area contributed by atoms with Crippen molar-refractivity contribution in [2.45, 2.75) is 23.1 Å². The topological polar surface area (TPSA) is 72.1 Å². The zero-order valence-corrected chi connectivity index (χ0v) is 19.1. The van der Waals surface area contributed by atoms with Crippen LogP contribution >= 0.6 is 11.8 Å². The van der Waals surface area contributed by atoms with Gasteiger partial charge in [-0.3, -0.25) is 5.10 Å². The molecule has 1 aliphatic heterocycles. The van der Waals surface area contributed by atoms with Crippen LogP contribution in [-0.2, 0) is 0 Å². The van der Waals surface area contributed by atoms with E-state index in [9.17, 15) is 0 Å². The summed E-state index contributed by atoms with van der Waals surface area (Å²) in [7, 11) is 2.20. The molecular weight excluding hydrogens is 406 g/mol. The predicted molar refractivity (Wildman–Crippen MR) is 128 cm³/mol. The Morgan fingerprint density at radius 2 is 1.74 bits per heavy atom. The summed E-state index contributed by atoms with van der Waals surface area (Å²) in [5.41, 5.74) is 1.01. The lowest BCUT2D eigenvalue weighted by Gasteiger charge is -2.32. The Morgan fingerprint density at radius 1 is 0.968 bits per heavy atom. The molecule has 1 aliphatic rings. The lowest BCUT2D eigenvalue weighted by Crippen LogP contribution is -2.44. The molecule has 3 N–H and O–H groups in total. The van der Waals surface area contributed by atoms with Crippen molar-refractivity contribution < 1.29 is 0 Å². The first-order chi connectivity index (χ1) is 15.1. The minimum absolute atomic E-state index is 0.771. The largest absolute Gasteiger partial charge is 0.370 e. The van der Waals surface area contributed by atoms with Crippen LogP contribution in [0.15, 0.2) is 58.3 Å². The van der Waals surface area contributed by atoms with Gasteiger partial charge in [-0.05, 0) is 51.2 Å². The highest BCUT2D eigenvalue weighted by Gasteiger charge is 2.13. The number of benzene rings is 1. The molecule has 0 aliphatic carbocycles. The minimum Gasteiger partial charge on any atom is -0.370 e. The molecule has 1 aromatic carbocycles. The average Bonchev–Trinajstić information content (AvgIpc) is 3.17. The van der Waals surface area contributed by atoms with Crippen molar-refractivity contribution in [1.82, 2.24) is 25.0 Å². The molecule has 0 spiro atoms. The summed E-state index contributed by atoms with van der Waals surface area (Å²) in [6.07, 6.45) is 1.10. The molecule has 7 nitrogen and oxygen atoms in total. The Kier molecular flexibility index (Phi) is 7.45. The second-order valence-corrected chi connectivity index (χ2v) is 9.12. The summed E-state index contributed by atoms with van der Waals surface area (Å²) in [6.45, 7) is 8.66. The molecule has 1 fully saturated rings.